The van der Waals surface area contributed by atoms with Gasteiger partial charge in [-0.3, -0.25) is 0 Å². The van der Waals surface area contributed by atoms with Crippen molar-refractivity contribution in [1.82, 2.24) is 0 Å². The Morgan fingerprint density at radius 2 is 2.00 bits per heavy atom. The molecule has 0 aliphatic carbocycles. The summed E-state index contributed by atoms with van der Waals surface area (Å²) in [5.74, 6) is -0.325. The van der Waals surface area contributed by atoms with Crippen LogP contribution in [0.2, 0.25) is 0 Å². The van der Waals surface area contributed by atoms with Crippen LogP contribution in [0.1, 0.15) is 5.56 Å². The summed E-state index contributed by atoms with van der Waals surface area (Å²) < 4.78 is 5.22. The Morgan fingerprint density at radius 1 is 1.29 bits per heavy atom. The van der Waals surface area contributed by atoms with Crippen molar-refractivity contribution in [3.63, 3.8) is 0 Å². The zero-order valence-electron chi connectivity index (χ0n) is 7.64. The molecule has 0 N–H and O–H groups in total. The summed E-state index contributed by atoms with van der Waals surface area (Å²) >= 11 is 0. The van der Waals surface area contributed by atoms with Crippen molar-refractivity contribution in [3.8, 4) is 0 Å². The molecular weight excluding hydrogens is 176 g/mol. The molecule has 1 aromatic rings. The van der Waals surface area contributed by atoms with Crippen LogP contribution in [0.25, 0.3) is 0 Å². The SMILES string of the molecule is C=C[C@@]1(c2ccccc2)C=CC(=O)O1. The summed E-state index contributed by atoms with van der Waals surface area (Å²) in [6, 6.07) is 9.54. The molecule has 0 bridgehead atoms. The molecule has 0 radical (unpaired) electrons. The summed E-state index contributed by atoms with van der Waals surface area (Å²) in [7, 11) is 0. The number of hydrogen-bond donors (Lipinski definition) is 0. The third kappa shape index (κ3) is 1.25. The molecular formula is C12H10O2. The molecule has 0 amide bonds. The summed E-state index contributed by atoms with van der Waals surface area (Å²) in [6.07, 6.45) is 4.77. The van der Waals surface area contributed by atoms with Crippen LogP contribution in [-0.2, 0) is 15.1 Å². The normalized spacial score (nSPS) is 24.7. The van der Waals surface area contributed by atoms with Gasteiger partial charge in [-0.1, -0.05) is 36.9 Å². The van der Waals surface area contributed by atoms with E-state index in [0.717, 1.165) is 5.56 Å². The largest absolute Gasteiger partial charge is 0.442 e. The Bertz CT molecular complexity index is 392. The number of esters is 1. The zero-order valence-corrected chi connectivity index (χ0v) is 7.64. The van der Waals surface area contributed by atoms with Crippen LogP contribution in [0.15, 0.2) is 55.1 Å². The molecule has 0 saturated carbocycles. The van der Waals surface area contributed by atoms with Crippen LogP contribution in [0.5, 0.6) is 0 Å². The lowest BCUT2D eigenvalue weighted by molar-refractivity contribution is -0.143. The van der Waals surface area contributed by atoms with E-state index in [1.807, 2.05) is 30.3 Å². The molecule has 2 rings (SSSR count). The monoisotopic (exact) mass is 186 g/mol. The van der Waals surface area contributed by atoms with Crippen molar-refractivity contribution in [2.24, 2.45) is 0 Å². The predicted molar refractivity (Wildman–Crippen MR) is 53.5 cm³/mol. The van der Waals surface area contributed by atoms with E-state index in [4.69, 9.17) is 4.74 Å². The molecule has 0 saturated heterocycles. The molecule has 1 aliphatic rings. The third-order valence-electron chi connectivity index (χ3n) is 2.26. The number of ether oxygens (including phenoxy) is 1. The summed E-state index contributed by atoms with van der Waals surface area (Å²) in [6.45, 7) is 3.70. The maximum atomic E-state index is 11.0. The average molecular weight is 186 g/mol. The molecule has 0 fully saturated rings. The average Bonchev–Trinajstić information content (AvgIpc) is 2.63. The highest BCUT2D eigenvalue weighted by molar-refractivity contribution is 5.86. The first-order chi connectivity index (χ1) is 6.77. The van der Waals surface area contributed by atoms with Crippen LogP contribution in [0.3, 0.4) is 0 Å². The minimum Gasteiger partial charge on any atom is -0.442 e. The third-order valence-corrected chi connectivity index (χ3v) is 2.26. The Morgan fingerprint density at radius 3 is 2.50 bits per heavy atom. The number of carbonyl (C=O) groups is 1. The highest BCUT2D eigenvalue weighted by Gasteiger charge is 2.34. The Hall–Kier alpha value is -1.83. The van der Waals surface area contributed by atoms with Crippen molar-refractivity contribution in [3.05, 3.63) is 60.7 Å². The lowest BCUT2D eigenvalue weighted by Gasteiger charge is -2.22. The van der Waals surface area contributed by atoms with Crippen LogP contribution in [0, 0.1) is 0 Å². The van der Waals surface area contributed by atoms with Gasteiger partial charge in [0, 0.05) is 11.6 Å². The summed E-state index contributed by atoms with van der Waals surface area (Å²) in [5, 5.41) is 0. The van der Waals surface area contributed by atoms with Gasteiger partial charge in [-0.2, -0.15) is 0 Å². The minimum atomic E-state index is -0.766. The van der Waals surface area contributed by atoms with Crippen molar-refractivity contribution >= 4 is 5.97 Å². The Balaban J connectivity index is 2.45. The summed E-state index contributed by atoms with van der Waals surface area (Å²) in [4.78, 5) is 11.0. The minimum absolute atomic E-state index is 0.325. The van der Waals surface area contributed by atoms with Gasteiger partial charge in [0.15, 0.2) is 5.60 Å². The van der Waals surface area contributed by atoms with Gasteiger partial charge in [-0.25, -0.2) is 4.79 Å². The quantitative estimate of drug-likeness (QED) is 0.522. The van der Waals surface area contributed by atoms with E-state index < -0.39 is 5.60 Å². The molecule has 0 spiro atoms. The van der Waals surface area contributed by atoms with E-state index >= 15 is 0 Å². The fourth-order valence-electron chi connectivity index (χ4n) is 1.51. The smallest absolute Gasteiger partial charge is 0.332 e. The van der Waals surface area contributed by atoms with E-state index in [2.05, 4.69) is 6.58 Å². The molecule has 0 unspecified atom stereocenters. The number of benzene rings is 1. The first-order valence-corrected chi connectivity index (χ1v) is 4.38. The number of rotatable bonds is 2. The van der Waals surface area contributed by atoms with Gasteiger partial charge in [0.25, 0.3) is 0 Å². The first-order valence-electron chi connectivity index (χ1n) is 4.38. The molecule has 14 heavy (non-hydrogen) atoms. The van der Waals surface area contributed by atoms with Crippen LogP contribution < -0.4 is 0 Å². The molecule has 1 heterocycles. The molecule has 1 atom stereocenters. The molecule has 2 nitrogen and oxygen atoms in total. The van der Waals surface area contributed by atoms with E-state index in [0.29, 0.717) is 0 Å². The van der Waals surface area contributed by atoms with Crippen molar-refractivity contribution in [2.45, 2.75) is 5.60 Å². The molecule has 2 heteroatoms. The van der Waals surface area contributed by atoms with Crippen LogP contribution in [0.4, 0.5) is 0 Å². The predicted octanol–water partition coefficient (Wildman–Crippen LogP) is 2.18. The van der Waals surface area contributed by atoms with Gasteiger partial charge in [0.2, 0.25) is 0 Å². The van der Waals surface area contributed by atoms with Crippen molar-refractivity contribution in [1.29, 1.82) is 0 Å². The zero-order chi connectivity index (χ0) is 10.0. The van der Waals surface area contributed by atoms with Gasteiger partial charge in [-0.05, 0) is 12.2 Å². The maximum Gasteiger partial charge on any atom is 0.332 e. The van der Waals surface area contributed by atoms with E-state index in [1.54, 1.807) is 12.2 Å². The highest BCUT2D eigenvalue weighted by atomic mass is 16.6. The second-order valence-electron chi connectivity index (χ2n) is 3.12. The standard InChI is InChI=1S/C12H10O2/c1-2-12(9-8-11(13)14-12)10-6-4-3-5-7-10/h2-9H,1H2/t12-/m0/s1. The maximum absolute atomic E-state index is 11.0. The van der Waals surface area contributed by atoms with E-state index in [1.165, 1.54) is 6.08 Å². The lowest BCUT2D eigenvalue weighted by Crippen LogP contribution is -2.22. The lowest BCUT2D eigenvalue weighted by atomic mass is 9.94. The molecule has 1 aromatic carbocycles. The molecule has 0 aromatic heterocycles. The topological polar surface area (TPSA) is 26.3 Å². The first kappa shape index (κ1) is 8.75. The fraction of sp³-hybridized carbons (Fsp3) is 0.0833. The van der Waals surface area contributed by atoms with E-state index in [-0.39, 0.29) is 5.97 Å². The van der Waals surface area contributed by atoms with Crippen LogP contribution >= 0.6 is 0 Å². The van der Waals surface area contributed by atoms with Gasteiger partial charge >= 0.3 is 5.97 Å². The summed E-state index contributed by atoms with van der Waals surface area (Å²) in [5.41, 5.74) is 0.148. The van der Waals surface area contributed by atoms with Gasteiger partial charge in [-0.15, -0.1) is 0 Å². The van der Waals surface area contributed by atoms with Gasteiger partial charge in [0.1, 0.15) is 0 Å². The molecule has 1 aliphatic heterocycles. The second kappa shape index (κ2) is 3.14. The highest BCUT2D eigenvalue weighted by Crippen LogP contribution is 2.32. The Kier molecular flexibility index (Phi) is 1.97. The second-order valence-corrected chi connectivity index (χ2v) is 3.12. The number of carbonyl (C=O) groups excluding carboxylic acids is 1. The molecule has 70 valence electrons. The fourth-order valence-corrected chi connectivity index (χ4v) is 1.51. The van der Waals surface area contributed by atoms with Gasteiger partial charge in [0.05, 0.1) is 0 Å². The van der Waals surface area contributed by atoms with Crippen molar-refractivity contribution in [2.75, 3.05) is 0 Å². The van der Waals surface area contributed by atoms with Crippen LogP contribution in [-0.4, -0.2) is 5.97 Å². The van der Waals surface area contributed by atoms with Crippen molar-refractivity contribution < 1.29 is 9.53 Å². The van der Waals surface area contributed by atoms with E-state index in [9.17, 15) is 4.79 Å². The number of cyclic esters (lactones) is 1. The van der Waals surface area contributed by atoms with Gasteiger partial charge < -0.3 is 4.74 Å². The Labute approximate surface area is 82.5 Å². The number of hydrogen-bond acceptors (Lipinski definition) is 2.